The Morgan fingerprint density at radius 1 is 0.698 bits per heavy atom. The quantitative estimate of drug-likeness (QED) is 0.112. The van der Waals surface area contributed by atoms with Crippen molar-refractivity contribution in [2.24, 2.45) is 0 Å². The fourth-order valence-corrected chi connectivity index (χ4v) is 10.2. The molecule has 0 saturated carbocycles. The Labute approximate surface area is 327 Å². The van der Waals surface area contributed by atoms with Crippen LogP contribution in [0.5, 0.6) is 0 Å². The number of benzene rings is 5. The molecule has 0 N–H and O–H groups in total. The maximum absolute atomic E-state index is 5.47. The fourth-order valence-electron chi connectivity index (χ4n) is 10.2. The first-order valence-corrected chi connectivity index (χ1v) is 18.8. The molecular weight excluding hydrogens is 825 g/mol. The number of anilines is 3. The Morgan fingerprint density at radius 3 is 2.21 bits per heavy atom. The normalized spacial score (nSPS) is 20.5. The first-order valence-electron chi connectivity index (χ1n) is 18.8. The predicted molar refractivity (Wildman–Crippen MR) is 216 cm³/mol. The second-order valence-corrected chi connectivity index (χ2v) is 17.3. The summed E-state index contributed by atoms with van der Waals surface area (Å²) in [5.74, 6) is 0. The standard InChI is InChI=1S/C31H29N2.C17H16N2.Ir/c1-29(2)17-18-31(5)27-25(22-13-8-9-15-23(22)29)32-28-21-12-7-6-11-19(21)20-14-10-16-24(30(31,3)4)26(20)33(27)28;1-17(2)12-7-4-5-9-14(12)19-11-18(3)15-10-6-8-13(17)16(15)19;/h6-11,13-16H,17-18H2,1-5H3;4-8,10-11H,1-3H3;/q-1;-2;+3. The van der Waals surface area contributed by atoms with E-state index in [1.165, 1.54) is 66.9 Å². The van der Waals surface area contributed by atoms with E-state index in [1.807, 2.05) is 12.1 Å². The SMILES string of the molecule is CC1(C)CCC2(C)c3c(nc4c5[c-]cccc5c5cccc(c5n34)C2(C)C)-c2ccccc21.CN1[CH-]N2c3[c-]cccc3C(C)(C)c3cccc1c32.[Ir+3]. The van der Waals surface area contributed by atoms with Gasteiger partial charge in [-0.3, -0.25) is 4.98 Å². The van der Waals surface area contributed by atoms with Gasteiger partial charge < -0.3 is 14.2 Å². The molecule has 1 aliphatic carbocycles. The molecule has 0 saturated heterocycles. The molecule has 4 nitrogen and oxygen atoms in total. The van der Waals surface area contributed by atoms with Crippen LogP contribution in [0.15, 0.2) is 97.1 Å². The summed E-state index contributed by atoms with van der Waals surface area (Å²) in [5.41, 5.74) is 15.6. The molecule has 4 aliphatic rings. The van der Waals surface area contributed by atoms with Crippen LogP contribution in [0.4, 0.5) is 17.1 Å². The smallest absolute Gasteiger partial charge is 0.504 e. The molecule has 3 aliphatic heterocycles. The summed E-state index contributed by atoms with van der Waals surface area (Å²) >= 11 is 0. The van der Waals surface area contributed by atoms with Crippen molar-refractivity contribution in [3.63, 3.8) is 0 Å². The number of para-hydroxylation sites is 3. The Hall–Kier alpha value is -4.44. The predicted octanol–water partition coefficient (Wildman–Crippen LogP) is 11.6. The molecule has 0 radical (unpaired) electrons. The summed E-state index contributed by atoms with van der Waals surface area (Å²) in [6.45, 7) is 19.0. The van der Waals surface area contributed by atoms with E-state index in [4.69, 9.17) is 4.98 Å². The van der Waals surface area contributed by atoms with Gasteiger partial charge in [0, 0.05) is 39.0 Å². The van der Waals surface area contributed by atoms with E-state index in [-0.39, 0.29) is 41.8 Å². The van der Waals surface area contributed by atoms with Gasteiger partial charge in [-0.15, -0.1) is 40.9 Å². The molecule has 5 heterocycles. The topological polar surface area (TPSA) is 23.8 Å². The van der Waals surface area contributed by atoms with E-state index in [0.717, 1.165) is 29.6 Å². The maximum Gasteiger partial charge on any atom is 3.00 e. The second kappa shape index (κ2) is 11.3. The summed E-state index contributed by atoms with van der Waals surface area (Å²) in [6, 6.07) is 42.0. The van der Waals surface area contributed by atoms with Crippen LogP contribution in [0.2, 0.25) is 0 Å². The van der Waals surface area contributed by atoms with Crippen LogP contribution in [0.3, 0.4) is 0 Å². The Kier molecular flexibility index (Phi) is 7.31. The minimum absolute atomic E-state index is 0. The maximum atomic E-state index is 5.47. The zero-order valence-electron chi connectivity index (χ0n) is 31.9. The van der Waals surface area contributed by atoms with E-state index in [2.05, 4.69) is 173 Å². The molecule has 0 spiro atoms. The molecule has 53 heavy (non-hydrogen) atoms. The van der Waals surface area contributed by atoms with Crippen molar-refractivity contribution in [2.75, 3.05) is 16.8 Å². The first kappa shape index (κ1) is 34.3. The molecule has 0 bridgehead atoms. The van der Waals surface area contributed by atoms with Crippen molar-refractivity contribution in [1.29, 1.82) is 0 Å². The largest absolute Gasteiger partial charge is 3.00 e. The third-order valence-corrected chi connectivity index (χ3v) is 13.6. The minimum Gasteiger partial charge on any atom is -0.504 e. The van der Waals surface area contributed by atoms with E-state index in [9.17, 15) is 0 Å². The molecule has 7 aromatic rings. The van der Waals surface area contributed by atoms with E-state index in [1.54, 1.807) is 0 Å². The summed E-state index contributed by atoms with van der Waals surface area (Å²) < 4.78 is 2.51. The van der Waals surface area contributed by atoms with Gasteiger partial charge in [0.05, 0.1) is 11.3 Å². The number of nitrogens with zero attached hydrogens (tertiary/aromatic N) is 4. The van der Waals surface area contributed by atoms with Crippen LogP contribution in [0.25, 0.3) is 38.6 Å². The van der Waals surface area contributed by atoms with Gasteiger partial charge in [-0.1, -0.05) is 108 Å². The minimum atomic E-state index is -0.0453. The summed E-state index contributed by atoms with van der Waals surface area (Å²) in [5, 5.41) is 3.67. The van der Waals surface area contributed by atoms with Crippen LogP contribution in [-0.4, -0.2) is 16.4 Å². The summed E-state index contributed by atoms with van der Waals surface area (Å²) in [6.07, 6.45) is 2.26. The van der Waals surface area contributed by atoms with Gasteiger partial charge in [-0.25, -0.2) is 0 Å². The molecule has 0 fully saturated rings. The number of rotatable bonds is 0. The van der Waals surface area contributed by atoms with Crippen molar-refractivity contribution in [3.05, 3.63) is 144 Å². The Balaban J connectivity index is 0.000000158. The van der Waals surface area contributed by atoms with Crippen molar-refractivity contribution < 1.29 is 20.1 Å². The summed E-state index contributed by atoms with van der Waals surface area (Å²) in [4.78, 5) is 9.92. The fraction of sp³-hybridized carbons (Fsp3) is 0.292. The zero-order chi connectivity index (χ0) is 35.9. The molecule has 5 aromatic carbocycles. The average Bonchev–Trinajstić information content (AvgIpc) is 3.72. The van der Waals surface area contributed by atoms with Crippen LogP contribution in [-0.2, 0) is 41.8 Å². The second-order valence-electron chi connectivity index (χ2n) is 17.3. The third kappa shape index (κ3) is 4.35. The van der Waals surface area contributed by atoms with E-state index < -0.39 is 0 Å². The van der Waals surface area contributed by atoms with Gasteiger partial charge in [0.15, 0.2) is 0 Å². The van der Waals surface area contributed by atoms with E-state index >= 15 is 0 Å². The molecule has 1 atom stereocenters. The van der Waals surface area contributed by atoms with Gasteiger partial charge in [0.25, 0.3) is 0 Å². The molecule has 1 unspecified atom stereocenters. The molecule has 2 aromatic heterocycles. The van der Waals surface area contributed by atoms with Crippen LogP contribution >= 0.6 is 0 Å². The third-order valence-electron chi connectivity index (χ3n) is 13.6. The number of hydrogen-bond acceptors (Lipinski definition) is 3. The van der Waals surface area contributed by atoms with Crippen molar-refractivity contribution in [3.8, 4) is 11.3 Å². The first-order chi connectivity index (χ1) is 24.9. The Bertz CT molecular complexity index is 2650. The number of pyridine rings is 1. The Morgan fingerprint density at radius 2 is 1.38 bits per heavy atom. The van der Waals surface area contributed by atoms with Crippen LogP contribution < -0.4 is 9.80 Å². The van der Waals surface area contributed by atoms with Crippen LogP contribution in [0, 0.1) is 18.8 Å². The van der Waals surface area contributed by atoms with Crippen molar-refractivity contribution in [2.45, 2.75) is 83.0 Å². The van der Waals surface area contributed by atoms with E-state index in [0.29, 0.717) is 0 Å². The van der Waals surface area contributed by atoms with Crippen LogP contribution in [0.1, 0.15) is 89.3 Å². The zero-order valence-corrected chi connectivity index (χ0v) is 34.2. The number of aromatic nitrogens is 2. The molecule has 266 valence electrons. The molecule has 5 heteroatoms. The average molecular weight is 870 g/mol. The van der Waals surface area contributed by atoms with Crippen molar-refractivity contribution in [1.82, 2.24) is 9.38 Å². The van der Waals surface area contributed by atoms with Gasteiger partial charge in [0.2, 0.25) is 0 Å². The number of hydrogen-bond donors (Lipinski definition) is 0. The number of fused-ring (bicyclic) bond motifs is 7. The molecule has 11 rings (SSSR count). The molecule has 0 amide bonds. The molecular formula is C48H45IrN4. The monoisotopic (exact) mass is 870 g/mol. The van der Waals surface area contributed by atoms with Gasteiger partial charge >= 0.3 is 20.1 Å². The number of imidazole rings is 1. The van der Waals surface area contributed by atoms with Gasteiger partial charge in [-0.05, 0) is 58.9 Å². The summed E-state index contributed by atoms with van der Waals surface area (Å²) in [7, 11) is 2.10. The van der Waals surface area contributed by atoms with Gasteiger partial charge in [-0.2, -0.15) is 30.9 Å². The van der Waals surface area contributed by atoms with Crippen molar-refractivity contribution >= 4 is 44.4 Å². The van der Waals surface area contributed by atoms with Gasteiger partial charge in [0.1, 0.15) is 0 Å².